The first-order chi connectivity index (χ1) is 7.70. The molecule has 2 N–H and O–H groups in total. The van der Waals surface area contributed by atoms with Crippen LogP contribution in [0.5, 0.6) is 0 Å². The summed E-state index contributed by atoms with van der Waals surface area (Å²) < 4.78 is 0. The summed E-state index contributed by atoms with van der Waals surface area (Å²) in [5.74, 6) is 1.66. The van der Waals surface area contributed by atoms with E-state index in [9.17, 15) is 0 Å². The second-order valence-corrected chi connectivity index (χ2v) is 4.00. The Morgan fingerprint density at radius 2 is 1.94 bits per heavy atom. The molecule has 0 amide bonds. The number of nitrogen functional groups attached to an aromatic ring is 1. The maximum atomic E-state index is 5.70. The Morgan fingerprint density at radius 1 is 1.25 bits per heavy atom. The van der Waals surface area contributed by atoms with Gasteiger partial charge in [-0.25, -0.2) is 0 Å². The molecule has 6 nitrogen and oxygen atoms in total. The zero-order valence-electron chi connectivity index (χ0n) is 9.85. The van der Waals surface area contributed by atoms with E-state index < -0.39 is 0 Å². The van der Waals surface area contributed by atoms with E-state index >= 15 is 0 Å². The summed E-state index contributed by atoms with van der Waals surface area (Å²) >= 11 is 0. The van der Waals surface area contributed by atoms with Crippen molar-refractivity contribution in [2.75, 3.05) is 42.2 Å². The van der Waals surface area contributed by atoms with Gasteiger partial charge in [0, 0.05) is 26.7 Å². The summed E-state index contributed by atoms with van der Waals surface area (Å²) in [6, 6.07) is 0. The van der Waals surface area contributed by atoms with E-state index in [0.29, 0.717) is 17.8 Å². The average molecular weight is 222 g/mol. The summed E-state index contributed by atoms with van der Waals surface area (Å²) in [4.78, 5) is 16.9. The second-order valence-electron chi connectivity index (χ2n) is 4.00. The van der Waals surface area contributed by atoms with Crippen LogP contribution < -0.4 is 15.5 Å². The standard InChI is InChI=1S/C10H18N6/c1-3-15(2)9-12-8(11)13-10(14-9)16-6-4-5-7-16/h3-7H2,1-2H3,(H2,11,12,13,14). The SMILES string of the molecule is CCN(C)c1nc(N)nc(N2CCCC2)n1. The lowest BCUT2D eigenvalue weighted by Crippen LogP contribution is -2.25. The lowest BCUT2D eigenvalue weighted by Gasteiger charge is -2.19. The summed E-state index contributed by atoms with van der Waals surface area (Å²) in [6.45, 7) is 4.93. The Labute approximate surface area is 95.5 Å². The summed E-state index contributed by atoms with van der Waals surface area (Å²) in [6.07, 6.45) is 2.40. The van der Waals surface area contributed by atoms with Gasteiger partial charge in [0.15, 0.2) is 0 Å². The molecule has 6 heteroatoms. The van der Waals surface area contributed by atoms with Crippen LogP contribution in [0.25, 0.3) is 0 Å². The molecule has 1 saturated heterocycles. The van der Waals surface area contributed by atoms with E-state index in [0.717, 1.165) is 19.6 Å². The third-order valence-corrected chi connectivity index (χ3v) is 2.83. The minimum absolute atomic E-state index is 0.298. The fourth-order valence-corrected chi connectivity index (χ4v) is 1.74. The molecule has 0 saturated carbocycles. The van der Waals surface area contributed by atoms with Crippen LogP contribution in [0.1, 0.15) is 19.8 Å². The molecule has 88 valence electrons. The molecular weight excluding hydrogens is 204 g/mol. The van der Waals surface area contributed by atoms with Gasteiger partial charge in [0.25, 0.3) is 0 Å². The topological polar surface area (TPSA) is 71.2 Å². The largest absolute Gasteiger partial charge is 0.368 e. The lowest BCUT2D eigenvalue weighted by atomic mass is 10.4. The fourth-order valence-electron chi connectivity index (χ4n) is 1.74. The van der Waals surface area contributed by atoms with Gasteiger partial charge in [-0.3, -0.25) is 0 Å². The fraction of sp³-hybridized carbons (Fsp3) is 0.700. The van der Waals surface area contributed by atoms with Gasteiger partial charge in [-0.05, 0) is 19.8 Å². The number of aromatic nitrogens is 3. The van der Waals surface area contributed by atoms with Crippen LogP contribution in [0.2, 0.25) is 0 Å². The van der Waals surface area contributed by atoms with E-state index in [1.807, 2.05) is 11.9 Å². The molecular formula is C10H18N6. The molecule has 0 unspecified atom stereocenters. The van der Waals surface area contributed by atoms with Crippen LogP contribution >= 0.6 is 0 Å². The van der Waals surface area contributed by atoms with Gasteiger partial charge in [-0.15, -0.1) is 0 Å². The molecule has 1 aromatic rings. The number of nitrogens with two attached hydrogens (primary N) is 1. The Hall–Kier alpha value is -1.59. The normalized spacial score (nSPS) is 15.5. The highest BCUT2D eigenvalue weighted by Gasteiger charge is 2.17. The maximum absolute atomic E-state index is 5.70. The van der Waals surface area contributed by atoms with Crippen LogP contribution in [0.3, 0.4) is 0 Å². The summed E-state index contributed by atoms with van der Waals surface area (Å²) in [7, 11) is 1.95. The molecule has 0 aliphatic carbocycles. The molecule has 2 rings (SSSR count). The van der Waals surface area contributed by atoms with Crippen molar-refractivity contribution in [2.24, 2.45) is 0 Å². The van der Waals surface area contributed by atoms with Crippen LogP contribution in [0.4, 0.5) is 17.8 Å². The molecule has 1 aromatic heterocycles. The van der Waals surface area contributed by atoms with Crippen LogP contribution in [0.15, 0.2) is 0 Å². The van der Waals surface area contributed by atoms with Gasteiger partial charge < -0.3 is 15.5 Å². The molecule has 16 heavy (non-hydrogen) atoms. The Morgan fingerprint density at radius 3 is 2.56 bits per heavy atom. The second kappa shape index (κ2) is 4.51. The Kier molecular flexibility index (Phi) is 3.07. The highest BCUT2D eigenvalue weighted by atomic mass is 15.3. The van der Waals surface area contributed by atoms with Gasteiger partial charge in [-0.2, -0.15) is 15.0 Å². The molecule has 1 fully saturated rings. The number of nitrogens with zero attached hydrogens (tertiary/aromatic N) is 5. The Bertz CT molecular complexity index is 360. The Balaban J connectivity index is 2.27. The molecule has 0 radical (unpaired) electrons. The average Bonchev–Trinajstić information content (AvgIpc) is 2.80. The predicted molar refractivity (Wildman–Crippen MR) is 64.6 cm³/mol. The number of rotatable bonds is 3. The van der Waals surface area contributed by atoms with E-state index in [1.54, 1.807) is 0 Å². The van der Waals surface area contributed by atoms with Crippen molar-refractivity contribution in [3.05, 3.63) is 0 Å². The monoisotopic (exact) mass is 222 g/mol. The molecule has 0 spiro atoms. The van der Waals surface area contributed by atoms with Crippen molar-refractivity contribution in [1.82, 2.24) is 15.0 Å². The third kappa shape index (κ3) is 2.15. The van der Waals surface area contributed by atoms with E-state index in [4.69, 9.17) is 5.73 Å². The minimum Gasteiger partial charge on any atom is -0.368 e. The van der Waals surface area contributed by atoms with Crippen molar-refractivity contribution in [2.45, 2.75) is 19.8 Å². The quantitative estimate of drug-likeness (QED) is 0.803. The van der Waals surface area contributed by atoms with Gasteiger partial charge >= 0.3 is 0 Å². The molecule has 0 bridgehead atoms. The predicted octanol–water partition coefficient (Wildman–Crippen LogP) is 0.510. The molecule has 1 aliphatic heterocycles. The van der Waals surface area contributed by atoms with Gasteiger partial charge in [0.05, 0.1) is 0 Å². The van der Waals surface area contributed by atoms with Crippen molar-refractivity contribution >= 4 is 17.8 Å². The van der Waals surface area contributed by atoms with Crippen LogP contribution in [-0.4, -0.2) is 41.6 Å². The lowest BCUT2D eigenvalue weighted by molar-refractivity contribution is 0.845. The highest BCUT2D eigenvalue weighted by molar-refractivity contribution is 5.43. The molecule has 1 aliphatic rings. The van der Waals surface area contributed by atoms with Crippen LogP contribution in [0, 0.1) is 0 Å². The van der Waals surface area contributed by atoms with Crippen molar-refractivity contribution in [3.8, 4) is 0 Å². The zero-order chi connectivity index (χ0) is 11.5. The van der Waals surface area contributed by atoms with E-state index in [1.165, 1.54) is 12.8 Å². The maximum Gasteiger partial charge on any atom is 0.231 e. The first kappa shape index (κ1) is 10.9. The van der Waals surface area contributed by atoms with E-state index in [-0.39, 0.29) is 0 Å². The number of hydrogen-bond donors (Lipinski definition) is 1. The third-order valence-electron chi connectivity index (χ3n) is 2.83. The molecule has 2 heterocycles. The number of anilines is 3. The van der Waals surface area contributed by atoms with Gasteiger partial charge in [0.1, 0.15) is 0 Å². The molecule has 0 aromatic carbocycles. The molecule has 0 atom stereocenters. The zero-order valence-corrected chi connectivity index (χ0v) is 9.85. The van der Waals surface area contributed by atoms with Gasteiger partial charge in [0.2, 0.25) is 17.8 Å². The van der Waals surface area contributed by atoms with Crippen molar-refractivity contribution in [3.63, 3.8) is 0 Å². The first-order valence-corrected chi connectivity index (χ1v) is 5.68. The van der Waals surface area contributed by atoms with Crippen molar-refractivity contribution < 1.29 is 0 Å². The summed E-state index contributed by atoms with van der Waals surface area (Å²) in [5.41, 5.74) is 5.70. The van der Waals surface area contributed by atoms with Crippen LogP contribution in [-0.2, 0) is 0 Å². The summed E-state index contributed by atoms with van der Waals surface area (Å²) in [5, 5.41) is 0. The number of hydrogen-bond acceptors (Lipinski definition) is 6. The van der Waals surface area contributed by atoms with Crippen molar-refractivity contribution in [1.29, 1.82) is 0 Å². The minimum atomic E-state index is 0.298. The van der Waals surface area contributed by atoms with E-state index in [2.05, 4.69) is 26.8 Å². The highest BCUT2D eigenvalue weighted by Crippen LogP contribution is 2.18. The smallest absolute Gasteiger partial charge is 0.231 e. The van der Waals surface area contributed by atoms with Gasteiger partial charge in [-0.1, -0.05) is 0 Å². The first-order valence-electron chi connectivity index (χ1n) is 5.68.